The first kappa shape index (κ1) is 24.1. The molecule has 3 rings (SSSR count). The van der Waals surface area contributed by atoms with Crippen LogP contribution in [0.1, 0.15) is 43.7 Å². The molecule has 2 amide bonds. The molecule has 6 N–H and O–H groups in total. The third kappa shape index (κ3) is 6.23. The Morgan fingerprint density at radius 2 is 1.71 bits per heavy atom. The van der Waals surface area contributed by atoms with Crippen molar-refractivity contribution in [3.63, 3.8) is 0 Å². The molecule has 0 fully saturated rings. The molecule has 12 heteroatoms. The van der Waals surface area contributed by atoms with Crippen molar-refractivity contribution in [1.82, 2.24) is 20.6 Å². The van der Waals surface area contributed by atoms with Crippen LogP contribution in [-0.4, -0.2) is 39.3 Å². The summed E-state index contributed by atoms with van der Waals surface area (Å²) in [6, 6.07) is 12.6. The number of aliphatic hydroxyl groups excluding tert-OH is 1. The number of hydrogen-bond acceptors (Lipinski definition) is 7. The van der Waals surface area contributed by atoms with Gasteiger partial charge in [0, 0.05) is 18.2 Å². The van der Waals surface area contributed by atoms with Gasteiger partial charge in [-0.15, -0.1) is 5.10 Å². The van der Waals surface area contributed by atoms with E-state index >= 15 is 0 Å². The lowest BCUT2D eigenvalue weighted by atomic mass is 10.0. The van der Waals surface area contributed by atoms with Gasteiger partial charge >= 0.3 is 0 Å². The molecule has 0 spiro atoms. The second kappa shape index (κ2) is 11.3. The number of amidine groups is 1. The second-order valence-corrected chi connectivity index (χ2v) is 7.01. The van der Waals surface area contributed by atoms with E-state index in [2.05, 4.69) is 30.9 Å². The Labute approximate surface area is 193 Å². The van der Waals surface area contributed by atoms with Crippen LogP contribution in [0.2, 0.25) is 0 Å². The van der Waals surface area contributed by atoms with E-state index in [0.29, 0.717) is 16.7 Å². The van der Waals surface area contributed by atoms with Crippen molar-refractivity contribution in [2.45, 2.75) is 12.6 Å². The Hall–Kier alpha value is -4.58. The largest absolute Gasteiger partial charge is 0.394 e. The maximum absolute atomic E-state index is 13.0. The van der Waals surface area contributed by atoms with Gasteiger partial charge < -0.3 is 21.5 Å². The number of rotatable bonds is 9. The molecule has 174 valence electrons. The molecule has 0 saturated carbocycles. The maximum atomic E-state index is 13.0. The number of nitrogens with one attached hydrogen (secondary N) is 3. The van der Waals surface area contributed by atoms with Crippen molar-refractivity contribution in [3.05, 3.63) is 94.8 Å². The molecule has 2 aromatic carbocycles. The van der Waals surface area contributed by atoms with E-state index in [1.54, 1.807) is 36.4 Å². The standard InChI is InChI=1S/C22H21FN8O3/c23-16-7-1-13(2-8-16)10-26-21(33)17-9-18(28-12-27-17)22(34)29-19(11-32)14-3-5-15(6-4-14)20(24)30-31-25/h1-9,12,19,32H,10-11H2,(H,26,33)(H,29,34)(H3,24,25,30)/t19-/m0/s1. The molecule has 1 atom stereocenters. The van der Waals surface area contributed by atoms with E-state index in [-0.39, 0.29) is 29.6 Å². The lowest BCUT2D eigenvalue weighted by molar-refractivity contribution is 0.0911. The molecular formula is C22H21FN8O3. The van der Waals surface area contributed by atoms with Crippen LogP contribution in [-0.2, 0) is 6.54 Å². The average Bonchev–Trinajstić information content (AvgIpc) is 2.87. The van der Waals surface area contributed by atoms with Gasteiger partial charge in [0.2, 0.25) is 0 Å². The summed E-state index contributed by atoms with van der Waals surface area (Å²) in [6.07, 6.45) is 1.09. The monoisotopic (exact) mass is 464 g/mol. The minimum absolute atomic E-state index is 0.0262. The normalized spacial score (nSPS) is 12.0. The molecule has 1 heterocycles. The van der Waals surface area contributed by atoms with Gasteiger partial charge in [-0.2, -0.15) is 5.53 Å². The number of nitrogens with zero attached hydrogens (tertiary/aromatic N) is 4. The van der Waals surface area contributed by atoms with Crippen LogP contribution in [0.15, 0.2) is 71.2 Å². The van der Waals surface area contributed by atoms with Crippen molar-refractivity contribution < 1.29 is 19.1 Å². The van der Waals surface area contributed by atoms with E-state index in [1.807, 2.05) is 0 Å². The van der Waals surface area contributed by atoms with Crippen LogP contribution in [0, 0.1) is 11.3 Å². The number of benzene rings is 2. The van der Waals surface area contributed by atoms with E-state index in [0.717, 1.165) is 6.33 Å². The second-order valence-electron chi connectivity index (χ2n) is 7.01. The Kier molecular flexibility index (Phi) is 8.02. The third-order valence-corrected chi connectivity index (χ3v) is 4.75. The number of aromatic nitrogens is 2. The van der Waals surface area contributed by atoms with Crippen LogP contribution in [0.25, 0.3) is 0 Å². The SMILES string of the molecule is N=N/N=C(\N)c1ccc([C@H](CO)NC(=O)c2cc(C(=O)NCc3ccc(F)cc3)ncn2)cc1. The Balaban J connectivity index is 1.66. The number of hydrogen-bond donors (Lipinski definition) is 5. The summed E-state index contributed by atoms with van der Waals surface area (Å²) in [5.41, 5.74) is 14.1. The number of carbonyl (C=O) groups excluding carboxylic acids is 2. The summed E-state index contributed by atoms with van der Waals surface area (Å²) in [6.45, 7) is -0.245. The number of aliphatic hydroxyl groups is 1. The first-order valence-electron chi connectivity index (χ1n) is 9.98. The number of carbonyl (C=O) groups is 2. The Morgan fingerprint density at radius 3 is 2.32 bits per heavy atom. The fourth-order valence-electron chi connectivity index (χ4n) is 2.95. The highest BCUT2D eigenvalue weighted by atomic mass is 19.1. The van der Waals surface area contributed by atoms with Gasteiger partial charge in [-0.25, -0.2) is 14.4 Å². The van der Waals surface area contributed by atoms with Crippen LogP contribution in [0.5, 0.6) is 0 Å². The summed E-state index contributed by atoms with van der Waals surface area (Å²) in [5, 5.41) is 21.3. The third-order valence-electron chi connectivity index (χ3n) is 4.75. The van der Waals surface area contributed by atoms with Gasteiger partial charge in [-0.05, 0) is 23.3 Å². The molecule has 34 heavy (non-hydrogen) atoms. The zero-order valence-electron chi connectivity index (χ0n) is 17.8. The van der Waals surface area contributed by atoms with Crippen molar-refractivity contribution in [1.29, 1.82) is 5.53 Å². The predicted octanol–water partition coefficient (Wildman–Crippen LogP) is 1.66. The van der Waals surface area contributed by atoms with Gasteiger partial charge in [-0.1, -0.05) is 41.6 Å². The molecule has 3 aromatic rings. The fraction of sp³-hybridized carbons (Fsp3) is 0.136. The number of halogens is 1. The first-order valence-corrected chi connectivity index (χ1v) is 9.98. The van der Waals surface area contributed by atoms with Gasteiger partial charge in [0.25, 0.3) is 11.8 Å². The van der Waals surface area contributed by atoms with Crippen LogP contribution < -0.4 is 16.4 Å². The lowest BCUT2D eigenvalue weighted by Gasteiger charge is -2.17. The molecular weight excluding hydrogens is 443 g/mol. The molecule has 0 aliphatic heterocycles. The summed E-state index contributed by atoms with van der Waals surface area (Å²) in [5.74, 6) is -1.48. The van der Waals surface area contributed by atoms with E-state index in [1.165, 1.54) is 18.2 Å². The van der Waals surface area contributed by atoms with Gasteiger partial charge in [0.1, 0.15) is 23.5 Å². The summed E-state index contributed by atoms with van der Waals surface area (Å²) in [7, 11) is 0. The molecule has 0 saturated heterocycles. The molecule has 11 nitrogen and oxygen atoms in total. The average molecular weight is 464 g/mol. The van der Waals surface area contributed by atoms with Crippen molar-refractivity contribution in [2.75, 3.05) is 6.61 Å². The van der Waals surface area contributed by atoms with Crippen molar-refractivity contribution in [2.24, 2.45) is 16.1 Å². The highest BCUT2D eigenvalue weighted by molar-refractivity contribution is 5.98. The molecule has 0 aliphatic carbocycles. The highest BCUT2D eigenvalue weighted by Gasteiger charge is 2.18. The highest BCUT2D eigenvalue weighted by Crippen LogP contribution is 2.15. The zero-order valence-corrected chi connectivity index (χ0v) is 17.8. The van der Waals surface area contributed by atoms with Gasteiger partial charge in [0.05, 0.1) is 12.6 Å². The number of amides is 2. The van der Waals surface area contributed by atoms with E-state index in [9.17, 15) is 19.1 Å². The van der Waals surface area contributed by atoms with Crippen LogP contribution >= 0.6 is 0 Å². The molecule has 0 radical (unpaired) electrons. The minimum atomic E-state index is -0.758. The van der Waals surface area contributed by atoms with Crippen molar-refractivity contribution >= 4 is 17.6 Å². The Bertz CT molecular complexity index is 1200. The van der Waals surface area contributed by atoms with E-state index in [4.69, 9.17) is 11.3 Å². The summed E-state index contributed by atoms with van der Waals surface area (Å²) < 4.78 is 13.0. The zero-order chi connectivity index (χ0) is 24.5. The van der Waals surface area contributed by atoms with E-state index < -0.39 is 24.5 Å². The summed E-state index contributed by atoms with van der Waals surface area (Å²) >= 11 is 0. The van der Waals surface area contributed by atoms with Crippen LogP contribution in [0.4, 0.5) is 4.39 Å². The fourth-order valence-corrected chi connectivity index (χ4v) is 2.95. The Morgan fingerprint density at radius 1 is 1.06 bits per heavy atom. The topological polar surface area (TPSA) is 179 Å². The molecule has 0 bridgehead atoms. The van der Waals surface area contributed by atoms with Gasteiger partial charge in [0.15, 0.2) is 5.84 Å². The quantitative estimate of drug-likeness (QED) is 0.139. The molecule has 0 aliphatic rings. The maximum Gasteiger partial charge on any atom is 0.270 e. The van der Waals surface area contributed by atoms with Gasteiger partial charge in [-0.3, -0.25) is 9.59 Å². The smallest absolute Gasteiger partial charge is 0.270 e. The van der Waals surface area contributed by atoms with Crippen LogP contribution in [0.3, 0.4) is 0 Å². The number of nitrogens with two attached hydrogens (primary N) is 1. The molecule has 1 aromatic heterocycles. The first-order chi connectivity index (χ1) is 16.4. The summed E-state index contributed by atoms with van der Waals surface area (Å²) in [4.78, 5) is 32.9. The lowest BCUT2D eigenvalue weighted by Crippen LogP contribution is -2.32. The minimum Gasteiger partial charge on any atom is -0.394 e. The van der Waals surface area contributed by atoms with Crippen molar-refractivity contribution in [3.8, 4) is 0 Å². The molecule has 0 unspecified atom stereocenters. The predicted molar refractivity (Wildman–Crippen MR) is 119 cm³/mol.